The highest BCUT2D eigenvalue weighted by atomic mass is 35.5. The van der Waals surface area contributed by atoms with E-state index in [1.807, 2.05) is 19.1 Å². The zero-order valence-corrected chi connectivity index (χ0v) is 15.4. The van der Waals surface area contributed by atoms with Crippen LogP contribution >= 0.6 is 11.6 Å². The van der Waals surface area contributed by atoms with Crippen LogP contribution in [0.2, 0.25) is 5.02 Å². The number of aromatic nitrogens is 3. The minimum absolute atomic E-state index is 0.0658. The number of amides is 1. The molecule has 0 aliphatic heterocycles. The lowest BCUT2D eigenvalue weighted by molar-refractivity contribution is -0.115. The summed E-state index contributed by atoms with van der Waals surface area (Å²) in [4.78, 5) is 16.3. The predicted octanol–water partition coefficient (Wildman–Crippen LogP) is 3.52. The van der Waals surface area contributed by atoms with Crippen LogP contribution in [0.1, 0.15) is 24.1 Å². The molecule has 3 rings (SSSR count). The van der Waals surface area contributed by atoms with Crippen molar-refractivity contribution in [3.63, 3.8) is 0 Å². The summed E-state index contributed by atoms with van der Waals surface area (Å²) in [6.45, 7) is 4.28. The first-order chi connectivity index (χ1) is 12.5. The molecule has 7 heteroatoms. The first-order valence-corrected chi connectivity index (χ1v) is 8.65. The topological polar surface area (TPSA) is 71.8 Å². The molecule has 134 valence electrons. The van der Waals surface area contributed by atoms with Crippen molar-refractivity contribution in [2.75, 3.05) is 11.9 Å². The van der Waals surface area contributed by atoms with Gasteiger partial charge in [-0.15, -0.1) is 0 Å². The van der Waals surface area contributed by atoms with Gasteiger partial charge in [-0.2, -0.15) is 5.10 Å². The Morgan fingerprint density at radius 1 is 1.27 bits per heavy atom. The third-order valence-electron chi connectivity index (χ3n) is 4.12. The number of benzene rings is 2. The molecule has 0 aliphatic carbocycles. The van der Waals surface area contributed by atoms with Gasteiger partial charge in [-0.3, -0.25) is 4.79 Å². The molecule has 1 unspecified atom stereocenters. The summed E-state index contributed by atoms with van der Waals surface area (Å²) in [7, 11) is 0. The molecule has 1 atom stereocenters. The number of carbonyl (C=O) groups is 1. The molecule has 0 spiro atoms. The molecule has 1 heterocycles. The molecule has 6 nitrogen and oxygen atoms in total. The Hall–Kier alpha value is -2.70. The third-order valence-corrected chi connectivity index (χ3v) is 4.36. The number of carbonyl (C=O) groups excluding carboxylic acids is 1. The first kappa shape index (κ1) is 18.1. The molecular formula is C19H20ClN5O. The second-order valence-electron chi connectivity index (χ2n) is 6.01. The van der Waals surface area contributed by atoms with E-state index in [0.717, 1.165) is 0 Å². The van der Waals surface area contributed by atoms with Crippen LogP contribution in [0.25, 0.3) is 5.69 Å². The van der Waals surface area contributed by atoms with Gasteiger partial charge in [-0.1, -0.05) is 35.9 Å². The summed E-state index contributed by atoms with van der Waals surface area (Å²) in [6, 6.07) is 13.4. The summed E-state index contributed by atoms with van der Waals surface area (Å²) in [5, 5.41) is 10.8. The molecule has 0 aliphatic rings. The Kier molecular flexibility index (Phi) is 5.65. The molecule has 0 fully saturated rings. The molecule has 1 aromatic heterocycles. The van der Waals surface area contributed by atoms with Gasteiger partial charge < -0.3 is 10.6 Å². The lowest BCUT2D eigenvalue weighted by atomic mass is 10.0. The SMILES string of the molecule is Cc1ccccc1C(C)NCC(=O)Nc1cc(Cl)ccc1-n1cncn1. The summed E-state index contributed by atoms with van der Waals surface area (Å²) < 4.78 is 1.58. The lowest BCUT2D eigenvalue weighted by Crippen LogP contribution is -2.30. The molecule has 2 aromatic carbocycles. The van der Waals surface area contributed by atoms with Crippen molar-refractivity contribution in [1.82, 2.24) is 20.1 Å². The van der Waals surface area contributed by atoms with E-state index in [4.69, 9.17) is 11.6 Å². The molecule has 26 heavy (non-hydrogen) atoms. The van der Waals surface area contributed by atoms with Crippen molar-refractivity contribution < 1.29 is 4.79 Å². The maximum absolute atomic E-state index is 12.4. The highest BCUT2D eigenvalue weighted by Gasteiger charge is 2.12. The van der Waals surface area contributed by atoms with Crippen molar-refractivity contribution in [2.24, 2.45) is 0 Å². The number of aryl methyl sites for hydroxylation is 1. The van der Waals surface area contributed by atoms with Gasteiger partial charge in [-0.25, -0.2) is 9.67 Å². The maximum Gasteiger partial charge on any atom is 0.238 e. The highest BCUT2D eigenvalue weighted by molar-refractivity contribution is 6.31. The van der Waals surface area contributed by atoms with Crippen molar-refractivity contribution in [2.45, 2.75) is 19.9 Å². The second kappa shape index (κ2) is 8.12. The normalized spacial score (nSPS) is 12.0. The van der Waals surface area contributed by atoms with Crippen LogP contribution in [0, 0.1) is 6.92 Å². The van der Waals surface area contributed by atoms with E-state index in [0.29, 0.717) is 16.4 Å². The van der Waals surface area contributed by atoms with E-state index >= 15 is 0 Å². The van der Waals surface area contributed by atoms with Gasteiger partial charge in [-0.05, 0) is 43.2 Å². The Labute approximate surface area is 157 Å². The molecule has 0 radical (unpaired) electrons. The highest BCUT2D eigenvalue weighted by Crippen LogP contribution is 2.24. The Morgan fingerprint density at radius 2 is 2.08 bits per heavy atom. The van der Waals surface area contributed by atoms with Gasteiger partial charge in [0.25, 0.3) is 0 Å². The zero-order chi connectivity index (χ0) is 18.5. The van der Waals surface area contributed by atoms with Gasteiger partial charge >= 0.3 is 0 Å². The molecule has 0 bridgehead atoms. The van der Waals surface area contributed by atoms with E-state index in [2.05, 4.69) is 39.8 Å². The zero-order valence-electron chi connectivity index (χ0n) is 14.6. The summed E-state index contributed by atoms with van der Waals surface area (Å²) >= 11 is 6.07. The fourth-order valence-corrected chi connectivity index (χ4v) is 2.94. The van der Waals surface area contributed by atoms with E-state index in [1.165, 1.54) is 17.5 Å². The largest absolute Gasteiger partial charge is 0.323 e. The molecular weight excluding hydrogens is 350 g/mol. The summed E-state index contributed by atoms with van der Waals surface area (Å²) in [5.74, 6) is -0.158. The number of halogens is 1. The number of nitrogens with zero attached hydrogens (tertiary/aromatic N) is 3. The number of rotatable bonds is 6. The van der Waals surface area contributed by atoms with Gasteiger partial charge in [0, 0.05) is 11.1 Å². The van der Waals surface area contributed by atoms with Crippen LogP contribution in [0.5, 0.6) is 0 Å². The maximum atomic E-state index is 12.4. The van der Waals surface area contributed by atoms with Crippen LogP contribution < -0.4 is 10.6 Å². The van der Waals surface area contributed by atoms with Crippen molar-refractivity contribution in [3.8, 4) is 5.69 Å². The number of hydrogen-bond donors (Lipinski definition) is 2. The summed E-state index contributed by atoms with van der Waals surface area (Å²) in [6.07, 6.45) is 3.00. The van der Waals surface area contributed by atoms with Crippen LogP contribution in [0.4, 0.5) is 5.69 Å². The number of anilines is 1. The number of hydrogen-bond acceptors (Lipinski definition) is 4. The standard InChI is InChI=1S/C19H20ClN5O/c1-13-5-3-4-6-16(13)14(2)22-10-19(26)24-17-9-15(20)7-8-18(17)25-12-21-11-23-25/h3-9,11-12,14,22H,10H2,1-2H3,(H,24,26). The lowest BCUT2D eigenvalue weighted by Gasteiger charge is -2.17. The van der Waals surface area contributed by atoms with Gasteiger partial charge in [0.1, 0.15) is 12.7 Å². The molecule has 1 amide bonds. The van der Waals surface area contributed by atoms with Crippen LogP contribution in [-0.4, -0.2) is 27.2 Å². The second-order valence-corrected chi connectivity index (χ2v) is 6.45. The van der Waals surface area contributed by atoms with E-state index in [9.17, 15) is 4.79 Å². The van der Waals surface area contributed by atoms with Gasteiger partial charge in [0.15, 0.2) is 0 Å². The number of nitrogens with one attached hydrogen (secondary N) is 2. The van der Waals surface area contributed by atoms with Crippen LogP contribution in [-0.2, 0) is 4.79 Å². The van der Waals surface area contributed by atoms with Crippen molar-refractivity contribution in [1.29, 1.82) is 0 Å². The molecule has 0 saturated heterocycles. The van der Waals surface area contributed by atoms with Crippen LogP contribution in [0.15, 0.2) is 55.1 Å². The fraction of sp³-hybridized carbons (Fsp3) is 0.211. The molecule has 0 saturated carbocycles. The predicted molar refractivity (Wildman–Crippen MR) is 103 cm³/mol. The first-order valence-electron chi connectivity index (χ1n) is 8.28. The minimum Gasteiger partial charge on any atom is -0.323 e. The fourth-order valence-electron chi connectivity index (χ4n) is 2.76. The van der Waals surface area contributed by atoms with Gasteiger partial charge in [0.05, 0.1) is 17.9 Å². The average molecular weight is 370 g/mol. The Morgan fingerprint density at radius 3 is 2.81 bits per heavy atom. The smallest absolute Gasteiger partial charge is 0.238 e. The molecule has 2 N–H and O–H groups in total. The van der Waals surface area contributed by atoms with E-state index < -0.39 is 0 Å². The van der Waals surface area contributed by atoms with Gasteiger partial charge in [0.2, 0.25) is 5.91 Å². The minimum atomic E-state index is -0.158. The Bertz CT molecular complexity index is 895. The van der Waals surface area contributed by atoms with Crippen molar-refractivity contribution in [3.05, 3.63) is 71.3 Å². The monoisotopic (exact) mass is 369 g/mol. The van der Waals surface area contributed by atoms with Crippen LogP contribution in [0.3, 0.4) is 0 Å². The average Bonchev–Trinajstić information content (AvgIpc) is 3.14. The molecule has 3 aromatic rings. The van der Waals surface area contributed by atoms with E-state index in [1.54, 1.807) is 29.2 Å². The quantitative estimate of drug-likeness (QED) is 0.697. The van der Waals surface area contributed by atoms with E-state index in [-0.39, 0.29) is 18.5 Å². The third kappa shape index (κ3) is 4.28. The summed E-state index contributed by atoms with van der Waals surface area (Å²) in [5.41, 5.74) is 3.65. The Balaban J connectivity index is 1.67. The van der Waals surface area contributed by atoms with Crippen molar-refractivity contribution >= 4 is 23.2 Å².